The number of hydrogen-bond donors (Lipinski definition) is 3. The standard InChI is InChI=1S/C21H14N2O6S/c24-18-11-17(21(25)26)15-7-3-4-8-16(15)20(18)23-22-13-9-12-5-1-2-6-14(12)19(10-13)30(27,28)29/h1-11,24H,(H,25,26)(H,27,28,29). The maximum Gasteiger partial charge on any atom is 0.336 e. The first-order valence-corrected chi connectivity index (χ1v) is 10.1. The minimum Gasteiger partial charge on any atom is -0.506 e. The first-order chi connectivity index (χ1) is 14.3. The summed E-state index contributed by atoms with van der Waals surface area (Å²) in [5, 5.41) is 29.4. The summed E-state index contributed by atoms with van der Waals surface area (Å²) >= 11 is 0. The minimum atomic E-state index is -4.51. The first-order valence-electron chi connectivity index (χ1n) is 8.66. The van der Waals surface area contributed by atoms with E-state index in [1.54, 1.807) is 54.6 Å². The van der Waals surface area contributed by atoms with Crippen molar-refractivity contribution in [1.82, 2.24) is 0 Å². The molecule has 30 heavy (non-hydrogen) atoms. The number of phenolic OH excluding ortho intramolecular Hbond substituents is 1. The molecule has 150 valence electrons. The third-order valence-electron chi connectivity index (χ3n) is 4.58. The summed E-state index contributed by atoms with van der Waals surface area (Å²) in [6.45, 7) is 0. The van der Waals surface area contributed by atoms with Crippen LogP contribution in [0, 0.1) is 0 Å². The number of aromatic hydroxyl groups is 1. The lowest BCUT2D eigenvalue weighted by molar-refractivity contribution is 0.0698. The van der Waals surface area contributed by atoms with Gasteiger partial charge in [-0.2, -0.15) is 13.5 Å². The van der Waals surface area contributed by atoms with Crippen LogP contribution in [0.15, 0.2) is 81.9 Å². The fraction of sp³-hybridized carbons (Fsp3) is 0. The summed E-state index contributed by atoms with van der Waals surface area (Å²) in [7, 11) is -4.51. The smallest absolute Gasteiger partial charge is 0.336 e. The van der Waals surface area contributed by atoms with E-state index in [1.807, 2.05) is 0 Å². The molecule has 0 spiro atoms. The van der Waals surface area contributed by atoms with Gasteiger partial charge in [0.1, 0.15) is 16.3 Å². The maximum absolute atomic E-state index is 11.8. The number of carboxylic acids is 1. The molecular formula is C21H14N2O6S. The normalized spacial score (nSPS) is 12.0. The highest BCUT2D eigenvalue weighted by atomic mass is 32.2. The van der Waals surface area contributed by atoms with E-state index in [0.717, 1.165) is 6.07 Å². The van der Waals surface area contributed by atoms with Crippen molar-refractivity contribution in [1.29, 1.82) is 0 Å². The van der Waals surface area contributed by atoms with Gasteiger partial charge in [-0.1, -0.05) is 48.5 Å². The summed E-state index contributed by atoms with van der Waals surface area (Å²) in [5.41, 5.74) is 0.0886. The van der Waals surface area contributed by atoms with Gasteiger partial charge in [0.25, 0.3) is 10.1 Å². The number of carboxylic acid groups (broad SMARTS) is 1. The predicted molar refractivity (Wildman–Crippen MR) is 111 cm³/mol. The van der Waals surface area contributed by atoms with Crippen molar-refractivity contribution in [2.75, 3.05) is 0 Å². The molecule has 0 unspecified atom stereocenters. The summed E-state index contributed by atoms with van der Waals surface area (Å²) < 4.78 is 33.2. The van der Waals surface area contributed by atoms with Crippen LogP contribution < -0.4 is 0 Å². The molecule has 0 radical (unpaired) electrons. The van der Waals surface area contributed by atoms with E-state index in [0.29, 0.717) is 21.5 Å². The van der Waals surface area contributed by atoms with E-state index in [9.17, 15) is 28.0 Å². The second-order valence-electron chi connectivity index (χ2n) is 6.48. The molecule has 0 aliphatic rings. The van der Waals surface area contributed by atoms with Gasteiger partial charge in [-0.25, -0.2) is 4.79 Å². The zero-order valence-electron chi connectivity index (χ0n) is 15.2. The highest BCUT2D eigenvalue weighted by molar-refractivity contribution is 7.86. The number of hydrogen-bond acceptors (Lipinski definition) is 6. The monoisotopic (exact) mass is 422 g/mol. The molecule has 0 aliphatic heterocycles. The Morgan fingerprint density at radius 3 is 2.13 bits per heavy atom. The molecule has 0 fully saturated rings. The quantitative estimate of drug-likeness (QED) is 0.311. The van der Waals surface area contributed by atoms with Crippen LogP contribution in [-0.4, -0.2) is 29.2 Å². The van der Waals surface area contributed by atoms with Gasteiger partial charge in [0.05, 0.1) is 11.3 Å². The SMILES string of the molecule is O=C(O)c1cc(O)c(N=Nc2cc(S(=O)(=O)O)c3ccccc3c2)c2ccccc12. The number of nitrogens with zero attached hydrogens (tertiary/aromatic N) is 2. The fourth-order valence-corrected chi connectivity index (χ4v) is 4.00. The molecule has 0 amide bonds. The topological polar surface area (TPSA) is 137 Å². The molecule has 0 bridgehead atoms. The van der Waals surface area contributed by atoms with Crippen LogP contribution in [0.1, 0.15) is 10.4 Å². The Kier molecular flexibility index (Phi) is 4.69. The third kappa shape index (κ3) is 3.47. The number of fused-ring (bicyclic) bond motifs is 2. The second-order valence-corrected chi connectivity index (χ2v) is 7.87. The van der Waals surface area contributed by atoms with Crippen LogP contribution in [0.25, 0.3) is 21.5 Å². The predicted octanol–water partition coefficient (Wildman–Crippen LogP) is 5.06. The second kappa shape index (κ2) is 7.21. The third-order valence-corrected chi connectivity index (χ3v) is 5.47. The number of carbonyl (C=O) groups is 1. The molecule has 0 aliphatic carbocycles. The van der Waals surface area contributed by atoms with Gasteiger partial charge in [-0.3, -0.25) is 4.55 Å². The average molecular weight is 422 g/mol. The molecule has 4 rings (SSSR count). The van der Waals surface area contributed by atoms with Gasteiger partial charge in [-0.15, -0.1) is 5.11 Å². The van der Waals surface area contributed by atoms with Crippen LogP contribution in [0.5, 0.6) is 5.75 Å². The molecule has 3 N–H and O–H groups in total. The summed E-state index contributed by atoms with van der Waals surface area (Å²) in [4.78, 5) is 11.2. The Morgan fingerprint density at radius 2 is 1.47 bits per heavy atom. The van der Waals surface area contributed by atoms with Crippen LogP contribution in [0.3, 0.4) is 0 Å². The number of benzene rings is 4. The van der Waals surface area contributed by atoms with Gasteiger partial charge in [-0.05, 0) is 29.0 Å². The number of phenols is 1. The Morgan fingerprint density at radius 1 is 0.833 bits per heavy atom. The molecule has 8 nitrogen and oxygen atoms in total. The van der Waals surface area contributed by atoms with Gasteiger partial charge in [0, 0.05) is 10.8 Å². The van der Waals surface area contributed by atoms with Crippen molar-refractivity contribution in [3.63, 3.8) is 0 Å². The van der Waals surface area contributed by atoms with Crippen molar-refractivity contribution in [3.05, 3.63) is 72.3 Å². The van der Waals surface area contributed by atoms with Gasteiger partial charge in [0.2, 0.25) is 0 Å². The molecule has 0 atom stereocenters. The van der Waals surface area contributed by atoms with E-state index in [2.05, 4.69) is 10.2 Å². The van der Waals surface area contributed by atoms with Crippen LogP contribution in [-0.2, 0) is 10.1 Å². The molecule has 0 aromatic heterocycles. The lowest BCUT2D eigenvalue weighted by Crippen LogP contribution is -1.98. The number of rotatable bonds is 4. The highest BCUT2D eigenvalue weighted by Crippen LogP contribution is 2.39. The number of azo groups is 1. The summed E-state index contributed by atoms with van der Waals surface area (Å²) in [6, 6.07) is 16.9. The Bertz CT molecular complexity index is 1460. The van der Waals surface area contributed by atoms with E-state index in [-0.39, 0.29) is 27.6 Å². The molecular weight excluding hydrogens is 408 g/mol. The lowest BCUT2D eigenvalue weighted by Gasteiger charge is -2.08. The average Bonchev–Trinajstić information content (AvgIpc) is 2.71. The Balaban J connectivity index is 1.91. The van der Waals surface area contributed by atoms with E-state index in [4.69, 9.17) is 0 Å². The Labute approximate surface area is 170 Å². The van der Waals surface area contributed by atoms with Crippen molar-refractivity contribution >= 4 is 49.0 Å². The lowest BCUT2D eigenvalue weighted by atomic mass is 10.0. The van der Waals surface area contributed by atoms with Crippen molar-refractivity contribution in [2.45, 2.75) is 4.90 Å². The maximum atomic E-state index is 11.8. The highest BCUT2D eigenvalue weighted by Gasteiger charge is 2.17. The van der Waals surface area contributed by atoms with E-state index < -0.39 is 16.1 Å². The summed E-state index contributed by atoms with van der Waals surface area (Å²) in [6.07, 6.45) is 0. The van der Waals surface area contributed by atoms with Gasteiger partial charge >= 0.3 is 5.97 Å². The molecule has 4 aromatic rings. The molecule has 9 heteroatoms. The van der Waals surface area contributed by atoms with Crippen molar-refractivity contribution < 1.29 is 28.0 Å². The molecule has 0 saturated carbocycles. The molecule has 0 heterocycles. The van der Waals surface area contributed by atoms with E-state index >= 15 is 0 Å². The Hall–Kier alpha value is -3.82. The fourth-order valence-electron chi connectivity index (χ4n) is 3.27. The zero-order valence-corrected chi connectivity index (χ0v) is 16.0. The molecule has 4 aromatic carbocycles. The molecule has 0 saturated heterocycles. The van der Waals surface area contributed by atoms with Gasteiger partial charge in [0.15, 0.2) is 0 Å². The minimum absolute atomic E-state index is 0.0390. The van der Waals surface area contributed by atoms with Crippen LogP contribution in [0.4, 0.5) is 11.4 Å². The largest absolute Gasteiger partial charge is 0.506 e. The van der Waals surface area contributed by atoms with Crippen molar-refractivity contribution in [3.8, 4) is 5.75 Å². The first kappa shape index (κ1) is 19.5. The van der Waals surface area contributed by atoms with E-state index in [1.165, 1.54) is 6.07 Å². The van der Waals surface area contributed by atoms with Crippen LogP contribution >= 0.6 is 0 Å². The van der Waals surface area contributed by atoms with Crippen LogP contribution in [0.2, 0.25) is 0 Å². The van der Waals surface area contributed by atoms with Crippen molar-refractivity contribution in [2.24, 2.45) is 10.2 Å². The number of aromatic carboxylic acids is 1. The summed E-state index contributed by atoms with van der Waals surface area (Å²) in [5.74, 6) is -1.58. The zero-order chi connectivity index (χ0) is 21.5. The van der Waals surface area contributed by atoms with Gasteiger partial charge < -0.3 is 10.2 Å².